The Labute approximate surface area is 140 Å². The van der Waals surface area contributed by atoms with Gasteiger partial charge in [0.25, 0.3) is 5.91 Å². The van der Waals surface area contributed by atoms with Gasteiger partial charge < -0.3 is 4.90 Å². The van der Waals surface area contributed by atoms with Crippen molar-refractivity contribution < 1.29 is 22.0 Å². The summed E-state index contributed by atoms with van der Waals surface area (Å²) >= 11 is 0. The maximum atomic E-state index is 13.4. The third-order valence-corrected chi connectivity index (χ3v) is 6.43. The number of hydrogen-bond donors (Lipinski definition) is 0. The Bertz CT molecular complexity index is 754. The minimum atomic E-state index is -3.21. The third-order valence-electron chi connectivity index (χ3n) is 4.73. The van der Waals surface area contributed by atoms with E-state index >= 15 is 0 Å². The summed E-state index contributed by atoms with van der Waals surface area (Å²) in [5, 5.41) is 0. The third kappa shape index (κ3) is 3.17. The number of carbonyl (C=O) groups is 1. The number of sulfone groups is 1. The molecule has 1 amide bonds. The largest absolute Gasteiger partial charge is 0.332 e. The van der Waals surface area contributed by atoms with E-state index < -0.39 is 33.4 Å². The van der Waals surface area contributed by atoms with E-state index in [4.69, 9.17) is 0 Å². The summed E-state index contributed by atoms with van der Waals surface area (Å²) in [6.45, 7) is 3.77. The number of rotatable bonds is 3. The van der Waals surface area contributed by atoms with Gasteiger partial charge in [-0.3, -0.25) is 9.69 Å². The molecule has 0 aliphatic carbocycles. The van der Waals surface area contributed by atoms with E-state index in [2.05, 4.69) is 4.90 Å². The van der Waals surface area contributed by atoms with Crippen molar-refractivity contribution in [3.05, 3.63) is 35.4 Å². The molecule has 3 rings (SSSR count). The van der Waals surface area contributed by atoms with Crippen LogP contribution in [0.4, 0.5) is 8.78 Å². The molecule has 0 spiro atoms. The normalized spacial score (nSPS) is 26.4. The summed E-state index contributed by atoms with van der Waals surface area (Å²) in [7, 11) is -3.21. The highest BCUT2D eigenvalue weighted by atomic mass is 32.2. The average Bonchev–Trinajstić information content (AvgIpc) is 2.85. The van der Waals surface area contributed by atoms with Crippen molar-refractivity contribution in [1.29, 1.82) is 0 Å². The maximum Gasteiger partial charge on any atom is 0.254 e. The Hall–Kier alpha value is -1.54. The highest BCUT2D eigenvalue weighted by Gasteiger charge is 2.47. The fourth-order valence-electron chi connectivity index (χ4n) is 3.64. The van der Waals surface area contributed by atoms with Crippen molar-refractivity contribution in [1.82, 2.24) is 9.80 Å². The van der Waals surface area contributed by atoms with Crippen LogP contribution in [0.25, 0.3) is 0 Å². The predicted octanol–water partition coefficient (Wildman–Crippen LogP) is 1.30. The Kier molecular flexibility index (Phi) is 4.61. The topological polar surface area (TPSA) is 57.7 Å². The van der Waals surface area contributed by atoms with Gasteiger partial charge in [-0.2, -0.15) is 0 Å². The van der Waals surface area contributed by atoms with E-state index in [-0.39, 0.29) is 23.1 Å². The molecule has 5 nitrogen and oxygen atoms in total. The summed E-state index contributed by atoms with van der Waals surface area (Å²) in [6, 6.07) is 2.36. The molecule has 132 valence electrons. The van der Waals surface area contributed by atoms with Crippen LogP contribution in [0.3, 0.4) is 0 Å². The minimum absolute atomic E-state index is 0.0409. The van der Waals surface area contributed by atoms with Gasteiger partial charge in [0, 0.05) is 24.7 Å². The van der Waals surface area contributed by atoms with Crippen LogP contribution in [0.15, 0.2) is 18.2 Å². The lowest BCUT2D eigenvalue weighted by Crippen LogP contribution is -2.60. The molecule has 0 bridgehead atoms. The molecule has 24 heavy (non-hydrogen) atoms. The molecular formula is C16H20F2N2O3S. The van der Waals surface area contributed by atoms with Crippen molar-refractivity contribution in [2.45, 2.75) is 25.4 Å². The van der Waals surface area contributed by atoms with Gasteiger partial charge in [-0.15, -0.1) is 0 Å². The van der Waals surface area contributed by atoms with Crippen molar-refractivity contribution in [3.63, 3.8) is 0 Å². The smallest absolute Gasteiger partial charge is 0.254 e. The molecule has 2 aliphatic heterocycles. The summed E-state index contributed by atoms with van der Waals surface area (Å²) in [5.74, 6) is -2.58. The standard InChI is InChI=1S/C16H20F2N2O3S/c1-2-5-19-6-7-20(15-10-24(22,23)9-14(15)19)16(21)11-3-4-12(17)13(18)8-11/h3-4,8,14-15H,2,5-7,9-10H2,1H3/t14-,15+/m0/s1. The van der Waals surface area contributed by atoms with Crippen molar-refractivity contribution >= 4 is 15.7 Å². The molecule has 0 aromatic heterocycles. The Morgan fingerprint density at radius 3 is 2.54 bits per heavy atom. The summed E-state index contributed by atoms with van der Waals surface area (Å²) < 4.78 is 50.6. The van der Waals surface area contributed by atoms with E-state index in [1.54, 1.807) is 0 Å². The Balaban J connectivity index is 1.88. The van der Waals surface area contributed by atoms with Gasteiger partial charge in [0.1, 0.15) is 0 Å². The number of nitrogens with zero attached hydrogens (tertiary/aromatic N) is 2. The fraction of sp³-hybridized carbons (Fsp3) is 0.562. The van der Waals surface area contributed by atoms with Crippen LogP contribution in [0, 0.1) is 11.6 Å². The molecule has 2 atom stereocenters. The van der Waals surface area contributed by atoms with Crippen LogP contribution in [0.5, 0.6) is 0 Å². The van der Waals surface area contributed by atoms with Crippen LogP contribution in [0.1, 0.15) is 23.7 Å². The Morgan fingerprint density at radius 1 is 1.17 bits per heavy atom. The number of halogens is 2. The van der Waals surface area contributed by atoms with E-state index in [0.717, 1.165) is 25.1 Å². The zero-order valence-corrected chi connectivity index (χ0v) is 14.2. The molecule has 0 radical (unpaired) electrons. The number of piperazine rings is 1. The van der Waals surface area contributed by atoms with Gasteiger partial charge in [0.2, 0.25) is 0 Å². The zero-order valence-electron chi connectivity index (χ0n) is 13.4. The molecule has 2 saturated heterocycles. The van der Waals surface area contributed by atoms with Gasteiger partial charge in [-0.05, 0) is 31.2 Å². The second-order valence-corrected chi connectivity index (χ2v) is 8.53. The lowest BCUT2D eigenvalue weighted by molar-refractivity contribution is 0.0332. The van der Waals surface area contributed by atoms with Crippen molar-refractivity contribution in [2.24, 2.45) is 0 Å². The molecule has 0 saturated carbocycles. The summed E-state index contributed by atoms with van der Waals surface area (Å²) in [5.41, 5.74) is 0.0425. The zero-order chi connectivity index (χ0) is 17.5. The minimum Gasteiger partial charge on any atom is -0.332 e. The van der Waals surface area contributed by atoms with E-state index in [9.17, 15) is 22.0 Å². The number of benzene rings is 1. The molecular weight excluding hydrogens is 338 g/mol. The molecule has 1 aromatic carbocycles. The van der Waals surface area contributed by atoms with Gasteiger partial charge in [0.15, 0.2) is 21.5 Å². The van der Waals surface area contributed by atoms with Gasteiger partial charge in [-0.25, -0.2) is 17.2 Å². The Morgan fingerprint density at radius 2 is 1.88 bits per heavy atom. The van der Waals surface area contributed by atoms with Crippen LogP contribution in [-0.2, 0) is 9.84 Å². The SMILES string of the molecule is CCCN1CCN(C(=O)c2ccc(F)c(F)c2)[C@@H]2CS(=O)(=O)C[C@@H]21. The molecule has 2 aliphatic rings. The second-order valence-electron chi connectivity index (χ2n) is 6.38. The molecule has 0 N–H and O–H groups in total. The van der Waals surface area contributed by atoms with Gasteiger partial charge >= 0.3 is 0 Å². The first kappa shape index (κ1) is 17.3. The molecule has 8 heteroatoms. The second kappa shape index (κ2) is 6.40. The van der Waals surface area contributed by atoms with Crippen molar-refractivity contribution in [2.75, 3.05) is 31.1 Å². The predicted molar refractivity (Wildman–Crippen MR) is 85.5 cm³/mol. The first-order chi connectivity index (χ1) is 11.3. The summed E-state index contributed by atoms with van der Waals surface area (Å²) in [6.07, 6.45) is 0.903. The first-order valence-electron chi connectivity index (χ1n) is 8.03. The highest BCUT2D eigenvalue weighted by Crippen LogP contribution is 2.28. The van der Waals surface area contributed by atoms with Crippen LogP contribution in [0.2, 0.25) is 0 Å². The van der Waals surface area contributed by atoms with E-state index in [1.165, 1.54) is 11.0 Å². The number of amides is 1. The molecule has 2 fully saturated rings. The van der Waals surface area contributed by atoms with Crippen molar-refractivity contribution in [3.8, 4) is 0 Å². The average molecular weight is 358 g/mol. The fourth-order valence-corrected chi connectivity index (χ4v) is 5.65. The monoisotopic (exact) mass is 358 g/mol. The number of fused-ring (bicyclic) bond motifs is 1. The lowest BCUT2D eigenvalue weighted by Gasteiger charge is -2.43. The van der Waals surface area contributed by atoms with Crippen LogP contribution < -0.4 is 0 Å². The number of carbonyl (C=O) groups excluding carboxylic acids is 1. The van der Waals surface area contributed by atoms with Gasteiger partial charge in [-0.1, -0.05) is 6.92 Å². The lowest BCUT2D eigenvalue weighted by atomic mass is 10.0. The summed E-state index contributed by atoms with van der Waals surface area (Å²) in [4.78, 5) is 16.3. The maximum absolute atomic E-state index is 13.4. The molecule has 1 aromatic rings. The van der Waals surface area contributed by atoms with Gasteiger partial charge in [0.05, 0.1) is 17.5 Å². The quantitative estimate of drug-likeness (QED) is 0.817. The first-order valence-corrected chi connectivity index (χ1v) is 9.85. The van der Waals surface area contributed by atoms with E-state index in [0.29, 0.717) is 13.1 Å². The molecule has 2 heterocycles. The molecule has 0 unspecified atom stereocenters. The number of hydrogen-bond acceptors (Lipinski definition) is 4. The van der Waals surface area contributed by atoms with Crippen LogP contribution >= 0.6 is 0 Å². The van der Waals surface area contributed by atoms with Crippen LogP contribution in [-0.4, -0.2) is 67.3 Å². The highest BCUT2D eigenvalue weighted by molar-refractivity contribution is 7.91. The van der Waals surface area contributed by atoms with E-state index in [1.807, 2.05) is 6.92 Å².